The smallest absolute Gasteiger partial charge is 0.140 e. The van der Waals surface area contributed by atoms with E-state index < -0.39 is 5.60 Å². The van der Waals surface area contributed by atoms with E-state index >= 15 is 0 Å². The van der Waals surface area contributed by atoms with Gasteiger partial charge >= 0.3 is 0 Å². The third-order valence-electron chi connectivity index (χ3n) is 5.78. The van der Waals surface area contributed by atoms with E-state index in [9.17, 15) is 9.90 Å². The molecule has 1 saturated heterocycles. The number of carbonyl (C=O) groups excluding carboxylic acids is 1. The first-order valence-corrected chi connectivity index (χ1v) is 9.24. The van der Waals surface area contributed by atoms with Gasteiger partial charge in [0.15, 0.2) is 0 Å². The third kappa shape index (κ3) is 2.95. The molecule has 0 aromatic heterocycles. The average Bonchev–Trinajstić information content (AvgIpc) is 3.06. The Kier molecular flexibility index (Phi) is 4.16. The Morgan fingerprint density at radius 3 is 2.62 bits per heavy atom. The molecule has 0 amide bonds. The first-order chi connectivity index (χ1) is 12.5. The lowest BCUT2D eigenvalue weighted by Gasteiger charge is -2.37. The molecular weight excluding hydrogens is 326 g/mol. The van der Waals surface area contributed by atoms with Crippen LogP contribution in [0.2, 0.25) is 0 Å². The van der Waals surface area contributed by atoms with E-state index in [4.69, 9.17) is 10.3 Å². The number of carbonyl (C=O) groups is 1. The van der Waals surface area contributed by atoms with Crippen molar-refractivity contribution in [1.29, 1.82) is 5.26 Å². The van der Waals surface area contributed by atoms with Crippen LogP contribution in [-0.2, 0) is 4.79 Å². The number of anilines is 1. The van der Waals surface area contributed by atoms with E-state index in [1.807, 2.05) is 24.3 Å². The number of nitrogens with zero attached hydrogens (tertiary/aromatic N) is 3. The molecule has 1 aliphatic carbocycles. The minimum absolute atomic E-state index is 0.112. The number of Topliss-reactive ketones (excluding diaryl/α,β-unsaturated/α-hetero) is 1. The first kappa shape index (κ1) is 17.0. The van der Waals surface area contributed by atoms with Crippen molar-refractivity contribution >= 4 is 17.2 Å². The van der Waals surface area contributed by atoms with E-state index in [1.54, 1.807) is 6.92 Å². The van der Waals surface area contributed by atoms with Gasteiger partial charge in [0.25, 0.3) is 0 Å². The predicted molar refractivity (Wildman–Crippen MR) is 100 cm³/mol. The molecule has 0 saturated carbocycles. The molecule has 1 unspecified atom stereocenters. The molecule has 1 atom stereocenters. The molecule has 2 aliphatic heterocycles. The third-order valence-corrected chi connectivity index (χ3v) is 5.78. The van der Waals surface area contributed by atoms with Crippen LogP contribution in [-0.4, -0.2) is 41.8 Å². The first-order valence-electron chi connectivity index (χ1n) is 9.24. The normalized spacial score (nSPS) is 26.6. The molecule has 2 heterocycles. The van der Waals surface area contributed by atoms with Gasteiger partial charge in [-0.1, -0.05) is 0 Å². The van der Waals surface area contributed by atoms with Crippen LogP contribution in [0.1, 0.15) is 38.2 Å². The number of hydrogen-bond donors (Lipinski definition) is 1. The SMILES string of the molecule is CC1(O)CC(=O)CC2=C1C(C1CCN(c3ccc(C#N)cc3)CC1)=NC2. The molecule has 1 aromatic carbocycles. The Balaban J connectivity index is 1.47. The Morgan fingerprint density at radius 2 is 1.96 bits per heavy atom. The van der Waals surface area contributed by atoms with Crippen molar-refractivity contribution < 1.29 is 9.90 Å². The van der Waals surface area contributed by atoms with Crippen LogP contribution in [0.25, 0.3) is 0 Å². The summed E-state index contributed by atoms with van der Waals surface area (Å²) >= 11 is 0. The molecule has 3 aliphatic rings. The van der Waals surface area contributed by atoms with Crippen molar-refractivity contribution in [3.8, 4) is 6.07 Å². The Morgan fingerprint density at radius 1 is 1.27 bits per heavy atom. The molecule has 0 bridgehead atoms. The van der Waals surface area contributed by atoms with Gasteiger partial charge in [0.2, 0.25) is 0 Å². The quantitative estimate of drug-likeness (QED) is 0.890. The lowest BCUT2D eigenvalue weighted by Crippen LogP contribution is -2.42. The number of aliphatic hydroxyl groups is 1. The van der Waals surface area contributed by atoms with Crippen molar-refractivity contribution in [2.45, 2.75) is 38.2 Å². The van der Waals surface area contributed by atoms with Crippen molar-refractivity contribution in [2.75, 3.05) is 24.5 Å². The fourth-order valence-corrected chi connectivity index (χ4v) is 4.58. The minimum atomic E-state index is -1.07. The van der Waals surface area contributed by atoms with E-state index in [1.165, 1.54) is 0 Å². The van der Waals surface area contributed by atoms with Crippen LogP contribution in [0.15, 0.2) is 40.4 Å². The Bertz CT molecular complexity index is 835. The molecule has 5 heteroatoms. The van der Waals surface area contributed by atoms with Crippen LogP contribution in [0.3, 0.4) is 0 Å². The van der Waals surface area contributed by atoms with E-state index in [0.717, 1.165) is 48.5 Å². The van der Waals surface area contributed by atoms with Gasteiger partial charge in [0.05, 0.1) is 23.8 Å². The number of ketones is 1. The highest BCUT2D eigenvalue weighted by Gasteiger charge is 2.43. The van der Waals surface area contributed by atoms with Gasteiger partial charge in [-0.05, 0) is 49.6 Å². The Labute approximate surface area is 153 Å². The van der Waals surface area contributed by atoms with Crippen molar-refractivity contribution in [3.05, 3.63) is 41.0 Å². The minimum Gasteiger partial charge on any atom is -0.385 e. The second-order valence-corrected chi connectivity index (χ2v) is 7.77. The number of rotatable bonds is 2. The van der Waals surface area contributed by atoms with Crippen LogP contribution in [0.5, 0.6) is 0 Å². The average molecular weight is 349 g/mol. The molecule has 1 aromatic rings. The molecule has 0 radical (unpaired) electrons. The molecule has 0 spiro atoms. The zero-order valence-electron chi connectivity index (χ0n) is 15.0. The molecule has 26 heavy (non-hydrogen) atoms. The van der Waals surface area contributed by atoms with E-state index in [-0.39, 0.29) is 12.2 Å². The molecule has 4 rings (SSSR count). The predicted octanol–water partition coefficient (Wildman–Crippen LogP) is 2.64. The molecule has 1 fully saturated rings. The lowest BCUT2D eigenvalue weighted by atomic mass is 9.74. The fourth-order valence-electron chi connectivity index (χ4n) is 4.58. The second-order valence-electron chi connectivity index (χ2n) is 7.77. The van der Waals surface area contributed by atoms with Gasteiger partial charge in [-0.25, -0.2) is 0 Å². The van der Waals surface area contributed by atoms with Crippen LogP contribution < -0.4 is 4.90 Å². The van der Waals surface area contributed by atoms with Crippen molar-refractivity contribution in [2.24, 2.45) is 10.9 Å². The number of hydrogen-bond acceptors (Lipinski definition) is 5. The summed E-state index contributed by atoms with van der Waals surface area (Å²) in [5.41, 5.74) is 3.77. The Hall–Kier alpha value is -2.45. The zero-order chi connectivity index (χ0) is 18.3. The number of benzene rings is 1. The standard InChI is InChI=1S/C21H23N3O2/c1-21(26)11-18(25)10-16-13-23-20(19(16)21)15-6-8-24(9-7-15)17-4-2-14(12-22)3-5-17/h2-5,15,26H,6-11,13H2,1H3. The molecule has 1 N–H and O–H groups in total. The van der Waals surface area contributed by atoms with Crippen LogP contribution in [0, 0.1) is 17.2 Å². The van der Waals surface area contributed by atoms with Gasteiger partial charge in [0, 0.05) is 48.8 Å². The molecule has 134 valence electrons. The van der Waals surface area contributed by atoms with E-state index in [2.05, 4.69) is 11.0 Å². The van der Waals surface area contributed by atoms with Crippen LogP contribution in [0.4, 0.5) is 5.69 Å². The van der Waals surface area contributed by atoms with Crippen molar-refractivity contribution in [3.63, 3.8) is 0 Å². The summed E-state index contributed by atoms with van der Waals surface area (Å²) in [6.45, 7) is 4.19. The van der Waals surface area contributed by atoms with Crippen LogP contribution >= 0.6 is 0 Å². The van der Waals surface area contributed by atoms with E-state index in [0.29, 0.717) is 24.4 Å². The number of piperidine rings is 1. The maximum Gasteiger partial charge on any atom is 0.140 e. The van der Waals surface area contributed by atoms with Gasteiger partial charge in [0.1, 0.15) is 5.78 Å². The maximum absolute atomic E-state index is 11.9. The van der Waals surface area contributed by atoms with Gasteiger partial charge in [-0.3, -0.25) is 9.79 Å². The van der Waals surface area contributed by atoms with Gasteiger partial charge in [-0.15, -0.1) is 0 Å². The maximum atomic E-state index is 11.9. The highest BCUT2D eigenvalue weighted by atomic mass is 16.3. The largest absolute Gasteiger partial charge is 0.385 e. The lowest BCUT2D eigenvalue weighted by molar-refractivity contribution is -0.122. The summed E-state index contributed by atoms with van der Waals surface area (Å²) in [4.78, 5) is 18.9. The highest BCUT2D eigenvalue weighted by Crippen LogP contribution is 2.40. The zero-order valence-corrected chi connectivity index (χ0v) is 15.0. The highest BCUT2D eigenvalue weighted by molar-refractivity contribution is 6.08. The summed E-state index contributed by atoms with van der Waals surface area (Å²) in [5, 5.41) is 19.7. The van der Waals surface area contributed by atoms with Gasteiger partial charge in [-0.2, -0.15) is 5.26 Å². The number of aliphatic imine (C=N–C) groups is 1. The summed E-state index contributed by atoms with van der Waals surface area (Å²) in [6, 6.07) is 9.87. The summed E-state index contributed by atoms with van der Waals surface area (Å²) in [5.74, 6) is 0.456. The fraction of sp³-hybridized carbons (Fsp3) is 0.476. The number of nitriles is 1. The molecular formula is C21H23N3O2. The van der Waals surface area contributed by atoms with Gasteiger partial charge < -0.3 is 10.0 Å². The summed E-state index contributed by atoms with van der Waals surface area (Å²) in [6.07, 6.45) is 2.62. The summed E-state index contributed by atoms with van der Waals surface area (Å²) < 4.78 is 0. The molecule has 5 nitrogen and oxygen atoms in total. The van der Waals surface area contributed by atoms with Crippen molar-refractivity contribution in [1.82, 2.24) is 0 Å². The topological polar surface area (TPSA) is 76.7 Å². The second kappa shape index (κ2) is 6.37. The monoisotopic (exact) mass is 349 g/mol. The summed E-state index contributed by atoms with van der Waals surface area (Å²) in [7, 11) is 0.